The Morgan fingerprint density at radius 1 is 1.37 bits per heavy atom. The SMILES string of the molecule is Cc1ccc(C(=O)NCCN2CCOCC2=O)cc1. The van der Waals surface area contributed by atoms with E-state index < -0.39 is 0 Å². The fourth-order valence-electron chi connectivity index (χ4n) is 1.90. The van der Waals surface area contributed by atoms with Crippen LogP contribution < -0.4 is 5.32 Å². The maximum absolute atomic E-state index is 11.8. The van der Waals surface area contributed by atoms with Gasteiger partial charge in [-0.05, 0) is 19.1 Å². The van der Waals surface area contributed by atoms with Crippen LogP contribution in [-0.4, -0.2) is 49.6 Å². The first-order chi connectivity index (χ1) is 9.16. The number of carbonyl (C=O) groups excluding carboxylic acids is 2. The zero-order valence-corrected chi connectivity index (χ0v) is 11.0. The van der Waals surface area contributed by atoms with Gasteiger partial charge in [-0.2, -0.15) is 0 Å². The van der Waals surface area contributed by atoms with Crippen molar-refractivity contribution < 1.29 is 14.3 Å². The Labute approximate surface area is 112 Å². The first kappa shape index (κ1) is 13.5. The van der Waals surface area contributed by atoms with Gasteiger partial charge in [-0.1, -0.05) is 17.7 Å². The normalized spacial score (nSPS) is 15.4. The maximum Gasteiger partial charge on any atom is 0.251 e. The molecule has 0 aliphatic carbocycles. The quantitative estimate of drug-likeness (QED) is 0.863. The Hall–Kier alpha value is -1.88. The monoisotopic (exact) mass is 262 g/mol. The highest BCUT2D eigenvalue weighted by Gasteiger charge is 2.17. The number of amides is 2. The molecule has 0 radical (unpaired) electrons. The second kappa shape index (κ2) is 6.33. The van der Waals surface area contributed by atoms with Crippen molar-refractivity contribution in [2.75, 3.05) is 32.8 Å². The van der Waals surface area contributed by atoms with Gasteiger partial charge in [0.2, 0.25) is 5.91 Å². The third kappa shape index (κ3) is 3.79. The van der Waals surface area contributed by atoms with Crippen LogP contribution in [0.25, 0.3) is 0 Å². The van der Waals surface area contributed by atoms with Crippen LogP contribution in [0.5, 0.6) is 0 Å². The molecule has 0 bridgehead atoms. The number of benzene rings is 1. The fraction of sp³-hybridized carbons (Fsp3) is 0.429. The molecule has 5 heteroatoms. The maximum atomic E-state index is 11.8. The molecule has 0 saturated carbocycles. The van der Waals surface area contributed by atoms with Crippen LogP contribution in [0.15, 0.2) is 24.3 Å². The average Bonchev–Trinajstić information content (AvgIpc) is 2.41. The van der Waals surface area contributed by atoms with E-state index in [9.17, 15) is 9.59 Å². The van der Waals surface area contributed by atoms with Gasteiger partial charge in [0.25, 0.3) is 5.91 Å². The van der Waals surface area contributed by atoms with Gasteiger partial charge >= 0.3 is 0 Å². The van der Waals surface area contributed by atoms with E-state index >= 15 is 0 Å². The van der Waals surface area contributed by atoms with Crippen molar-refractivity contribution in [3.8, 4) is 0 Å². The minimum Gasteiger partial charge on any atom is -0.370 e. The van der Waals surface area contributed by atoms with Gasteiger partial charge in [0.05, 0.1) is 6.61 Å². The van der Waals surface area contributed by atoms with Crippen LogP contribution in [0.3, 0.4) is 0 Å². The van der Waals surface area contributed by atoms with Crippen molar-refractivity contribution in [2.24, 2.45) is 0 Å². The van der Waals surface area contributed by atoms with Crippen molar-refractivity contribution in [1.82, 2.24) is 10.2 Å². The summed E-state index contributed by atoms with van der Waals surface area (Å²) < 4.78 is 5.04. The zero-order valence-electron chi connectivity index (χ0n) is 11.0. The van der Waals surface area contributed by atoms with Crippen molar-refractivity contribution in [3.05, 3.63) is 35.4 Å². The summed E-state index contributed by atoms with van der Waals surface area (Å²) in [5, 5.41) is 2.81. The third-order valence-electron chi connectivity index (χ3n) is 3.06. The zero-order chi connectivity index (χ0) is 13.7. The van der Waals surface area contributed by atoms with E-state index in [1.165, 1.54) is 0 Å². The predicted octanol–water partition coefficient (Wildman–Crippen LogP) is 0.584. The summed E-state index contributed by atoms with van der Waals surface area (Å²) in [6, 6.07) is 7.40. The average molecular weight is 262 g/mol. The lowest BCUT2D eigenvalue weighted by atomic mass is 10.1. The van der Waals surface area contributed by atoms with Crippen LogP contribution >= 0.6 is 0 Å². The second-order valence-corrected chi connectivity index (χ2v) is 4.56. The summed E-state index contributed by atoms with van der Waals surface area (Å²) in [5.41, 5.74) is 1.76. The molecule has 1 saturated heterocycles. The predicted molar refractivity (Wildman–Crippen MR) is 70.9 cm³/mol. The number of hydrogen-bond donors (Lipinski definition) is 1. The number of hydrogen-bond acceptors (Lipinski definition) is 3. The van der Waals surface area contributed by atoms with Crippen LogP contribution in [-0.2, 0) is 9.53 Å². The molecule has 1 aliphatic heterocycles. The number of aryl methyl sites for hydroxylation is 1. The molecule has 5 nitrogen and oxygen atoms in total. The summed E-state index contributed by atoms with van der Waals surface area (Å²) in [6.45, 7) is 4.27. The number of ether oxygens (including phenoxy) is 1. The molecule has 0 aromatic heterocycles. The van der Waals surface area contributed by atoms with Crippen LogP contribution in [0.1, 0.15) is 15.9 Å². The molecule has 2 amide bonds. The van der Waals surface area contributed by atoms with Gasteiger partial charge in [-0.3, -0.25) is 9.59 Å². The van der Waals surface area contributed by atoms with Gasteiger partial charge in [-0.15, -0.1) is 0 Å². The topological polar surface area (TPSA) is 58.6 Å². The van der Waals surface area contributed by atoms with Crippen LogP contribution in [0.2, 0.25) is 0 Å². The Morgan fingerprint density at radius 3 is 2.79 bits per heavy atom. The Bertz CT molecular complexity index is 456. The summed E-state index contributed by atoms with van der Waals surface area (Å²) in [6.07, 6.45) is 0. The Kier molecular flexibility index (Phi) is 4.52. The lowest BCUT2D eigenvalue weighted by Gasteiger charge is -2.26. The van der Waals surface area contributed by atoms with E-state index in [-0.39, 0.29) is 18.4 Å². The summed E-state index contributed by atoms with van der Waals surface area (Å²) >= 11 is 0. The lowest BCUT2D eigenvalue weighted by molar-refractivity contribution is -0.142. The van der Waals surface area contributed by atoms with Crippen molar-refractivity contribution in [1.29, 1.82) is 0 Å². The molecule has 2 rings (SSSR count). The van der Waals surface area contributed by atoms with Crippen LogP contribution in [0, 0.1) is 6.92 Å². The number of nitrogens with one attached hydrogen (secondary N) is 1. The molecule has 1 fully saturated rings. The van der Waals surface area contributed by atoms with Crippen molar-refractivity contribution in [3.63, 3.8) is 0 Å². The largest absolute Gasteiger partial charge is 0.370 e. The first-order valence-electron chi connectivity index (χ1n) is 6.37. The standard InChI is InChI=1S/C14H18N2O3/c1-11-2-4-12(5-3-11)14(18)15-6-7-16-8-9-19-10-13(16)17/h2-5H,6-10H2,1H3,(H,15,18). The van der Waals surface area contributed by atoms with E-state index in [1.54, 1.807) is 17.0 Å². The Morgan fingerprint density at radius 2 is 2.11 bits per heavy atom. The van der Waals surface area contributed by atoms with Crippen LogP contribution in [0.4, 0.5) is 0 Å². The summed E-state index contributed by atoms with van der Waals surface area (Å²) in [7, 11) is 0. The summed E-state index contributed by atoms with van der Waals surface area (Å²) in [4.78, 5) is 25.0. The number of nitrogens with zero attached hydrogens (tertiary/aromatic N) is 1. The number of rotatable bonds is 4. The van der Waals surface area contributed by atoms with E-state index in [0.29, 0.717) is 31.8 Å². The smallest absolute Gasteiger partial charge is 0.251 e. The van der Waals surface area contributed by atoms with E-state index in [0.717, 1.165) is 5.56 Å². The van der Waals surface area contributed by atoms with Gasteiger partial charge in [0.15, 0.2) is 0 Å². The van der Waals surface area contributed by atoms with Crippen molar-refractivity contribution in [2.45, 2.75) is 6.92 Å². The molecule has 1 heterocycles. The molecule has 1 N–H and O–H groups in total. The minimum absolute atomic E-state index is 0.0177. The third-order valence-corrected chi connectivity index (χ3v) is 3.06. The van der Waals surface area contributed by atoms with Crippen molar-refractivity contribution >= 4 is 11.8 Å². The molecular formula is C14H18N2O3. The van der Waals surface area contributed by atoms with Gasteiger partial charge in [-0.25, -0.2) is 0 Å². The van der Waals surface area contributed by atoms with E-state index in [1.807, 2.05) is 19.1 Å². The number of morpholine rings is 1. The van der Waals surface area contributed by atoms with E-state index in [4.69, 9.17) is 4.74 Å². The molecule has 0 unspecified atom stereocenters. The van der Waals surface area contributed by atoms with Gasteiger partial charge in [0, 0.05) is 25.2 Å². The van der Waals surface area contributed by atoms with Gasteiger partial charge in [0.1, 0.15) is 6.61 Å². The second-order valence-electron chi connectivity index (χ2n) is 4.56. The lowest BCUT2D eigenvalue weighted by Crippen LogP contribution is -2.45. The molecular weight excluding hydrogens is 244 g/mol. The molecule has 0 spiro atoms. The highest BCUT2D eigenvalue weighted by atomic mass is 16.5. The minimum atomic E-state index is -0.110. The highest BCUT2D eigenvalue weighted by Crippen LogP contribution is 2.03. The number of carbonyl (C=O) groups is 2. The van der Waals surface area contributed by atoms with E-state index in [2.05, 4.69) is 5.32 Å². The van der Waals surface area contributed by atoms with Gasteiger partial charge < -0.3 is 15.0 Å². The summed E-state index contributed by atoms with van der Waals surface area (Å²) in [5.74, 6) is -0.128. The fourth-order valence-corrected chi connectivity index (χ4v) is 1.90. The molecule has 1 aromatic rings. The molecule has 0 atom stereocenters. The highest BCUT2D eigenvalue weighted by molar-refractivity contribution is 5.94. The molecule has 1 aromatic carbocycles. The molecule has 1 aliphatic rings. The molecule has 102 valence electrons. The molecule has 19 heavy (non-hydrogen) atoms. The first-order valence-corrected chi connectivity index (χ1v) is 6.37. The Balaban J connectivity index is 1.77.